The average molecular weight is 289 g/mol. The molecule has 6 nitrogen and oxygen atoms in total. The van der Waals surface area contributed by atoms with Crippen molar-refractivity contribution in [2.45, 2.75) is 25.0 Å². The minimum Gasteiger partial charge on any atom is -0.376 e. The molecular formula is C12H21ClN4O2. The number of halogens is 1. The molecule has 0 saturated carbocycles. The van der Waals surface area contributed by atoms with Crippen LogP contribution in [0.3, 0.4) is 0 Å². The SMILES string of the molecule is CNC(C(=O)NCC1CCCO1)c1cnn(C)c1.Cl. The van der Waals surface area contributed by atoms with E-state index in [1.54, 1.807) is 17.9 Å². The maximum atomic E-state index is 12.1. The third kappa shape index (κ3) is 4.19. The van der Waals surface area contributed by atoms with Gasteiger partial charge in [0.25, 0.3) is 0 Å². The van der Waals surface area contributed by atoms with Gasteiger partial charge in [0.2, 0.25) is 5.91 Å². The highest BCUT2D eigenvalue weighted by Crippen LogP contribution is 2.13. The van der Waals surface area contributed by atoms with Crippen LogP contribution in [0.2, 0.25) is 0 Å². The van der Waals surface area contributed by atoms with Crippen LogP contribution in [0, 0.1) is 0 Å². The van der Waals surface area contributed by atoms with Crippen molar-refractivity contribution in [2.24, 2.45) is 7.05 Å². The second kappa shape index (κ2) is 7.47. The van der Waals surface area contributed by atoms with Crippen LogP contribution in [-0.4, -0.2) is 42.0 Å². The van der Waals surface area contributed by atoms with Crippen LogP contribution in [0.25, 0.3) is 0 Å². The number of aromatic nitrogens is 2. The lowest BCUT2D eigenvalue weighted by atomic mass is 10.1. The van der Waals surface area contributed by atoms with Crippen molar-refractivity contribution < 1.29 is 9.53 Å². The van der Waals surface area contributed by atoms with Crippen molar-refractivity contribution >= 4 is 18.3 Å². The fourth-order valence-corrected chi connectivity index (χ4v) is 2.16. The van der Waals surface area contributed by atoms with E-state index in [1.165, 1.54) is 0 Å². The molecule has 1 aliphatic rings. The number of nitrogens with one attached hydrogen (secondary N) is 2. The Labute approximate surface area is 119 Å². The first-order valence-corrected chi connectivity index (χ1v) is 6.26. The van der Waals surface area contributed by atoms with Crippen LogP contribution in [0.15, 0.2) is 12.4 Å². The van der Waals surface area contributed by atoms with Crippen LogP contribution in [0.1, 0.15) is 24.4 Å². The predicted molar refractivity (Wildman–Crippen MR) is 74.2 cm³/mol. The molecule has 0 spiro atoms. The Kier molecular flexibility index (Phi) is 6.27. The number of carbonyl (C=O) groups is 1. The molecular weight excluding hydrogens is 268 g/mol. The lowest BCUT2D eigenvalue weighted by Gasteiger charge is -2.16. The van der Waals surface area contributed by atoms with Gasteiger partial charge in [0.15, 0.2) is 0 Å². The molecule has 1 fully saturated rings. The summed E-state index contributed by atoms with van der Waals surface area (Å²) in [5.41, 5.74) is 0.866. The van der Waals surface area contributed by atoms with Gasteiger partial charge in [-0.3, -0.25) is 9.48 Å². The van der Waals surface area contributed by atoms with Gasteiger partial charge in [-0.15, -0.1) is 12.4 Å². The molecule has 1 aromatic rings. The molecule has 0 aliphatic carbocycles. The van der Waals surface area contributed by atoms with Gasteiger partial charge in [0, 0.05) is 32.0 Å². The first-order valence-electron chi connectivity index (χ1n) is 6.26. The molecule has 2 atom stereocenters. The third-order valence-electron chi connectivity index (χ3n) is 3.14. The van der Waals surface area contributed by atoms with Gasteiger partial charge in [-0.25, -0.2) is 0 Å². The summed E-state index contributed by atoms with van der Waals surface area (Å²) in [6.07, 6.45) is 5.82. The molecule has 1 aliphatic heterocycles. The Morgan fingerprint density at radius 2 is 2.47 bits per heavy atom. The molecule has 19 heavy (non-hydrogen) atoms. The van der Waals surface area contributed by atoms with Crippen molar-refractivity contribution in [1.82, 2.24) is 20.4 Å². The highest BCUT2D eigenvalue weighted by atomic mass is 35.5. The quantitative estimate of drug-likeness (QED) is 0.823. The van der Waals surface area contributed by atoms with E-state index in [-0.39, 0.29) is 30.5 Å². The Balaban J connectivity index is 0.00000180. The third-order valence-corrected chi connectivity index (χ3v) is 3.14. The minimum absolute atomic E-state index is 0. The summed E-state index contributed by atoms with van der Waals surface area (Å²) in [4.78, 5) is 12.1. The number of hydrogen-bond acceptors (Lipinski definition) is 4. The number of rotatable bonds is 5. The zero-order valence-corrected chi connectivity index (χ0v) is 12.1. The molecule has 2 unspecified atom stereocenters. The molecule has 2 heterocycles. The van der Waals surface area contributed by atoms with Crippen LogP contribution < -0.4 is 10.6 Å². The lowest BCUT2D eigenvalue weighted by Crippen LogP contribution is -2.39. The molecule has 0 radical (unpaired) electrons. The summed E-state index contributed by atoms with van der Waals surface area (Å²) in [6, 6.07) is -0.361. The Hall–Kier alpha value is -1.11. The van der Waals surface area contributed by atoms with Gasteiger partial charge >= 0.3 is 0 Å². The number of amides is 1. The van der Waals surface area contributed by atoms with Crippen molar-refractivity contribution in [1.29, 1.82) is 0 Å². The number of likely N-dealkylation sites (N-methyl/N-ethyl adjacent to an activating group) is 1. The number of nitrogens with zero attached hydrogens (tertiary/aromatic N) is 2. The monoisotopic (exact) mass is 288 g/mol. The van der Waals surface area contributed by atoms with Crippen molar-refractivity contribution in [2.75, 3.05) is 20.2 Å². The highest BCUT2D eigenvalue weighted by Gasteiger charge is 2.22. The number of carbonyl (C=O) groups excluding carboxylic acids is 1. The highest BCUT2D eigenvalue weighted by molar-refractivity contribution is 5.85. The van der Waals surface area contributed by atoms with Gasteiger partial charge in [0.05, 0.1) is 12.3 Å². The van der Waals surface area contributed by atoms with E-state index < -0.39 is 0 Å². The lowest BCUT2D eigenvalue weighted by molar-refractivity contribution is -0.123. The largest absolute Gasteiger partial charge is 0.376 e. The van der Waals surface area contributed by atoms with E-state index in [0.717, 1.165) is 25.0 Å². The standard InChI is InChI=1S/C12H20N4O2.ClH/c1-13-11(9-6-15-16(2)8-9)12(17)14-7-10-4-3-5-18-10;/h6,8,10-11,13H,3-5,7H2,1-2H3,(H,14,17);1H. The minimum atomic E-state index is -0.361. The smallest absolute Gasteiger partial charge is 0.241 e. The predicted octanol–water partition coefficient (Wildman–Crippen LogP) is 0.398. The Morgan fingerprint density at radius 3 is 3.00 bits per heavy atom. The van der Waals surface area contributed by atoms with E-state index >= 15 is 0 Å². The summed E-state index contributed by atoms with van der Waals surface area (Å²) in [5.74, 6) is -0.0407. The molecule has 1 amide bonds. The van der Waals surface area contributed by atoms with Crippen molar-refractivity contribution in [3.8, 4) is 0 Å². The molecule has 1 saturated heterocycles. The maximum Gasteiger partial charge on any atom is 0.241 e. The average Bonchev–Trinajstić information content (AvgIpc) is 2.99. The van der Waals surface area contributed by atoms with Crippen molar-refractivity contribution in [3.05, 3.63) is 18.0 Å². The van der Waals surface area contributed by atoms with Crippen LogP contribution in [0.5, 0.6) is 0 Å². The molecule has 0 bridgehead atoms. The van der Waals surface area contributed by atoms with Crippen LogP contribution in [-0.2, 0) is 16.6 Å². The maximum absolute atomic E-state index is 12.1. The first kappa shape index (κ1) is 15.9. The van der Waals surface area contributed by atoms with Gasteiger partial charge in [-0.1, -0.05) is 0 Å². The van der Waals surface area contributed by atoms with Gasteiger partial charge in [0.1, 0.15) is 6.04 Å². The second-order valence-corrected chi connectivity index (χ2v) is 4.55. The summed E-state index contributed by atoms with van der Waals surface area (Å²) in [7, 11) is 3.60. The van der Waals surface area contributed by atoms with Gasteiger partial charge in [-0.2, -0.15) is 5.10 Å². The van der Waals surface area contributed by atoms with Crippen molar-refractivity contribution in [3.63, 3.8) is 0 Å². The normalized spacial score (nSPS) is 19.8. The molecule has 2 N–H and O–H groups in total. The Morgan fingerprint density at radius 1 is 1.68 bits per heavy atom. The summed E-state index contributed by atoms with van der Waals surface area (Å²) in [5, 5.41) is 10.00. The number of aryl methyl sites for hydroxylation is 1. The fourth-order valence-electron chi connectivity index (χ4n) is 2.16. The molecule has 2 rings (SSSR count). The van der Waals surface area contributed by atoms with E-state index in [4.69, 9.17) is 4.74 Å². The molecule has 108 valence electrons. The zero-order valence-electron chi connectivity index (χ0n) is 11.3. The second-order valence-electron chi connectivity index (χ2n) is 4.55. The van der Waals surface area contributed by atoms with E-state index in [2.05, 4.69) is 15.7 Å². The van der Waals surface area contributed by atoms with Gasteiger partial charge in [-0.05, 0) is 19.9 Å². The molecule has 0 aromatic carbocycles. The number of hydrogen-bond donors (Lipinski definition) is 2. The van der Waals surface area contributed by atoms with Crippen LogP contribution >= 0.6 is 12.4 Å². The van der Waals surface area contributed by atoms with E-state index in [0.29, 0.717) is 6.54 Å². The van der Waals surface area contributed by atoms with E-state index in [1.807, 2.05) is 13.2 Å². The molecule has 7 heteroatoms. The van der Waals surface area contributed by atoms with Crippen LogP contribution in [0.4, 0.5) is 0 Å². The Bertz CT molecular complexity index is 404. The van der Waals surface area contributed by atoms with Gasteiger partial charge < -0.3 is 15.4 Å². The zero-order chi connectivity index (χ0) is 13.0. The summed E-state index contributed by atoms with van der Waals surface area (Å²) < 4.78 is 7.16. The number of ether oxygens (including phenoxy) is 1. The summed E-state index contributed by atoms with van der Waals surface area (Å²) >= 11 is 0. The molecule has 1 aromatic heterocycles. The fraction of sp³-hybridized carbons (Fsp3) is 0.667. The summed E-state index contributed by atoms with van der Waals surface area (Å²) in [6.45, 7) is 1.38. The topological polar surface area (TPSA) is 68.2 Å². The first-order chi connectivity index (χ1) is 8.70. The van der Waals surface area contributed by atoms with E-state index in [9.17, 15) is 4.79 Å².